The summed E-state index contributed by atoms with van der Waals surface area (Å²) < 4.78 is 5.29. The predicted octanol–water partition coefficient (Wildman–Crippen LogP) is 1.44. The number of hydrogen-bond acceptors (Lipinski definition) is 4. The zero-order valence-corrected chi connectivity index (χ0v) is 9.29. The Kier molecular flexibility index (Phi) is 3.54. The minimum atomic E-state index is 0.560. The molecule has 0 aromatic carbocycles. The molecule has 1 aliphatic rings. The Labute approximate surface area is 93.3 Å². The number of ether oxygens (including phenoxy) is 1. The molecule has 0 unspecified atom stereocenters. The fraction of sp³-hybridized carbons (Fsp3) is 0.600. The average molecular weight is 223 g/mol. The van der Waals surface area contributed by atoms with Crippen LogP contribution in [0.2, 0.25) is 0 Å². The van der Waals surface area contributed by atoms with Gasteiger partial charge in [0.1, 0.15) is 0 Å². The molecule has 1 aliphatic heterocycles. The number of morpholine rings is 1. The second kappa shape index (κ2) is 5.10. The normalized spacial score (nSPS) is 16.3. The molecule has 5 heteroatoms. The highest BCUT2D eigenvalue weighted by Gasteiger charge is 2.14. The molecule has 0 N–H and O–H groups in total. The van der Waals surface area contributed by atoms with Crippen molar-refractivity contribution < 1.29 is 4.74 Å². The maximum absolute atomic E-state index is 6.74. The van der Waals surface area contributed by atoms with Crippen LogP contribution in [0.1, 0.15) is 4.88 Å². The summed E-state index contributed by atoms with van der Waals surface area (Å²) in [6.45, 7) is 10.7. The lowest BCUT2D eigenvalue weighted by Gasteiger charge is -2.25. The maximum atomic E-state index is 6.74. The highest BCUT2D eigenvalue weighted by atomic mass is 32.1. The van der Waals surface area contributed by atoms with Gasteiger partial charge in [-0.2, -0.15) is 0 Å². The Balaban J connectivity index is 1.96. The zero-order chi connectivity index (χ0) is 10.5. The topological polar surface area (TPSA) is 29.7 Å². The van der Waals surface area contributed by atoms with Crippen LogP contribution in [0.3, 0.4) is 0 Å². The molecular formula is C10H13N3OS. The van der Waals surface area contributed by atoms with Crippen LogP contribution in [0.4, 0.5) is 5.13 Å². The minimum Gasteiger partial charge on any atom is -0.378 e. The van der Waals surface area contributed by atoms with Gasteiger partial charge in [0, 0.05) is 24.2 Å². The van der Waals surface area contributed by atoms with Crippen molar-refractivity contribution in [1.29, 1.82) is 0 Å². The summed E-state index contributed by atoms with van der Waals surface area (Å²) in [5.41, 5.74) is 0. The summed E-state index contributed by atoms with van der Waals surface area (Å²) in [7, 11) is 0. The predicted molar refractivity (Wildman–Crippen MR) is 60.3 cm³/mol. The smallest absolute Gasteiger partial charge is 0.219 e. The van der Waals surface area contributed by atoms with Gasteiger partial charge in [-0.3, -0.25) is 0 Å². The SMILES string of the molecule is [C-]#[N+]CCc1cnc(N2CCOCC2)s1. The summed E-state index contributed by atoms with van der Waals surface area (Å²) in [5.74, 6) is 0. The lowest BCUT2D eigenvalue weighted by atomic mass is 10.4. The summed E-state index contributed by atoms with van der Waals surface area (Å²) in [6.07, 6.45) is 2.71. The summed E-state index contributed by atoms with van der Waals surface area (Å²) in [6, 6.07) is 0. The standard InChI is InChI=1S/C10H13N3OS/c1-11-3-2-9-8-12-10(15-9)13-4-6-14-7-5-13/h8H,2-7H2. The van der Waals surface area contributed by atoms with Gasteiger partial charge in [0.15, 0.2) is 5.13 Å². The molecule has 2 heterocycles. The Morgan fingerprint density at radius 2 is 2.33 bits per heavy atom. The van der Waals surface area contributed by atoms with Gasteiger partial charge < -0.3 is 14.5 Å². The molecular weight excluding hydrogens is 210 g/mol. The highest BCUT2D eigenvalue weighted by molar-refractivity contribution is 7.15. The summed E-state index contributed by atoms with van der Waals surface area (Å²) >= 11 is 1.70. The Bertz CT molecular complexity index is 352. The van der Waals surface area contributed by atoms with Gasteiger partial charge >= 0.3 is 0 Å². The third-order valence-corrected chi connectivity index (χ3v) is 3.41. The zero-order valence-electron chi connectivity index (χ0n) is 8.48. The first-order chi connectivity index (χ1) is 7.40. The monoisotopic (exact) mass is 223 g/mol. The molecule has 1 aromatic heterocycles. The average Bonchev–Trinajstić information content (AvgIpc) is 2.76. The molecule has 1 saturated heterocycles. The maximum Gasteiger partial charge on any atom is 0.219 e. The lowest BCUT2D eigenvalue weighted by Crippen LogP contribution is -2.36. The van der Waals surface area contributed by atoms with Gasteiger partial charge in [-0.25, -0.2) is 11.6 Å². The van der Waals surface area contributed by atoms with Crippen molar-refractivity contribution in [2.45, 2.75) is 6.42 Å². The third-order valence-electron chi connectivity index (χ3n) is 2.29. The first kappa shape index (κ1) is 10.4. The van der Waals surface area contributed by atoms with Crippen LogP contribution in [0.25, 0.3) is 4.85 Å². The van der Waals surface area contributed by atoms with E-state index in [1.54, 1.807) is 11.3 Å². The molecule has 1 aromatic rings. The summed E-state index contributed by atoms with van der Waals surface area (Å²) in [5, 5.41) is 1.07. The molecule has 0 atom stereocenters. The van der Waals surface area contributed by atoms with E-state index in [1.165, 1.54) is 4.88 Å². The van der Waals surface area contributed by atoms with Crippen LogP contribution in [0, 0.1) is 6.57 Å². The van der Waals surface area contributed by atoms with E-state index in [1.807, 2.05) is 6.20 Å². The van der Waals surface area contributed by atoms with Gasteiger partial charge in [0.2, 0.25) is 6.54 Å². The van der Waals surface area contributed by atoms with Gasteiger partial charge in [-0.05, 0) is 0 Å². The molecule has 0 radical (unpaired) electrons. The Morgan fingerprint density at radius 3 is 3.07 bits per heavy atom. The van der Waals surface area contributed by atoms with Gasteiger partial charge in [-0.15, -0.1) is 11.3 Å². The van der Waals surface area contributed by atoms with Crippen molar-refractivity contribution in [2.24, 2.45) is 0 Å². The van der Waals surface area contributed by atoms with Crippen molar-refractivity contribution in [1.82, 2.24) is 4.98 Å². The highest BCUT2D eigenvalue weighted by Crippen LogP contribution is 2.23. The van der Waals surface area contributed by atoms with Crippen LogP contribution in [0.5, 0.6) is 0 Å². The van der Waals surface area contributed by atoms with Crippen molar-refractivity contribution >= 4 is 16.5 Å². The molecule has 2 rings (SSSR count). The molecule has 0 saturated carbocycles. The van der Waals surface area contributed by atoms with E-state index in [2.05, 4.69) is 14.7 Å². The fourth-order valence-electron chi connectivity index (χ4n) is 1.48. The number of thiazole rings is 1. The van der Waals surface area contributed by atoms with E-state index in [-0.39, 0.29) is 0 Å². The van der Waals surface area contributed by atoms with Gasteiger partial charge in [0.05, 0.1) is 19.6 Å². The van der Waals surface area contributed by atoms with Crippen LogP contribution in [-0.4, -0.2) is 37.8 Å². The van der Waals surface area contributed by atoms with E-state index in [0.717, 1.165) is 37.9 Å². The number of hydrogen-bond donors (Lipinski definition) is 0. The van der Waals surface area contributed by atoms with Crippen molar-refractivity contribution in [3.8, 4) is 0 Å². The second-order valence-electron chi connectivity index (χ2n) is 3.34. The van der Waals surface area contributed by atoms with E-state index in [9.17, 15) is 0 Å². The largest absolute Gasteiger partial charge is 0.378 e. The van der Waals surface area contributed by atoms with Crippen LogP contribution in [-0.2, 0) is 11.2 Å². The molecule has 15 heavy (non-hydrogen) atoms. The van der Waals surface area contributed by atoms with E-state index >= 15 is 0 Å². The number of rotatable bonds is 3. The van der Waals surface area contributed by atoms with Gasteiger partial charge in [0.25, 0.3) is 0 Å². The molecule has 0 bridgehead atoms. The molecule has 1 fully saturated rings. The number of aromatic nitrogens is 1. The van der Waals surface area contributed by atoms with Crippen LogP contribution < -0.4 is 4.90 Å². The fourth-order valence-corrected chi connectivity index (χ4v) is 2.43. The number of nitrogens with zero attached hydrogens (tertiary/aromatic N) is 3. The van der Waals surface area contributed by atoms with Crippen molar-refractivity contribution in [3.05, 3.63) is 22.5 Å². The minimum absolute atomic E-state index is 0.560. The van der Waals surface area contributed by atoms with Crippen LogP contribution in [0.15, 0.2) is 6.20 Å². The first-order valence-electron chi connectivity index (χ1n) is 5.01. The Morgan fingerprint density at radius 1 is 1.53 bits per heavy atom. The van der Waals surface area contributed by atoms with E-state index < -0.39 is 0 Å². The van der Waals surface area contributed by atoms with Crippen LogP contribution >= 0.6 is 11.3 Å². The first-order valence-corrected chi connectivity index (χ1v) is 5.82. The van der Waals surface area contributed by atoms with E-state index in [4.69, 9.17) is 11.3 Å². The van der Waals surface area contributed by atoms with Gasteiger partial charge in [-0.1, -0.05) is 0 Å². The molecule has 0 amide bonds. The summed E-state index contributed by atoms with van der Waals surface area (Å²) in [4.78, 5) is 11.2. The Hall–Kier alpha value is -1.12. The lowest BCUT2D eigenvalue weighted by molar-refractivity contribution is 0.122. The van der Waals surface area contributed by atoms with Crippen molar-refractivity contribution in [2.75, 3.05) is 37.7 Å². The number of anilines is 1. The molecule has 4 nitrogen and oxygen atoms in total. The third kappa shape index (κ3) is 2.67. The molecule has 80 valence electrons. The second-order valence-corrected chi connectivity index (χ2v) is 4.43. The quantitative estimate of drug-likeness (QED) is 0.726. The molecule has 0 spiro atoms. The van der Waals surface area contributed by atoms with E-state index in [0.29, 0.717) is 6.54 Å². The molecule has 0 aliphatic carbocycles. The van der Waals surface area contributed by atoms with Crippen molar-refractivity contribution in [3.63, 3.8) is 0 Å².